The van der Waals surface area contributed by atoms with Crippen molar-refractivity contribution in [1.29, 1.82) is 0 Å². The molecular weight excluding hydrogens is 285 g/mol. The summed E-state index contributed by atoms with van der Waals surface area (Å²) < 4.78 is 15.6. The fourth-order valence-electron chi connectivity index (χ4n) is 2.53. The van der Waals surface area contributed by atoms with E-state index in [0.717, 1.165) is 5.56 Å². The zero-order valence-electron chi connectivity index (χ0n) is 11.5. The minimum Gasteiger partial charge on any atom is -0.454 e. The summed E-state index contributed by atoms with van der Waals surface area (Å²) in [6, 6.07) is 10.4. The summed E-state index contributed by atoms with van der Waals surface area (Å²) >= 11 is 0. The summed E-state index contributed by atoms with van der Waals surface area (Å²) in [7, 11) is -0.933. The molecule has 0 bridgehead atoms. The van der Waals surface area contributed by atoms with E-state index in [1.54, 1.807) is 30.3 Å². The van der Waals surface area contributed by atoms with Crippen molar-refractivity contribution in [2.45, 2.75) is 6.61 Å². The van der Waals surface area contributed by atoms with Crippen LogP contribution >= 0.6 is 0 Å². The first-order chi connectivity index (χ1) is 10.7. The quantitative estimate of drug-likeness (QED) is 0.805. The SMILES string of the molecule is O=C(Nc1ccc2c(c1)B(O)OC2)c1ccc2c(c1)OCO2. The number of rotatable bonds is 2. The Labute approximate surface area is 126 Å². The second-order valence-corrected chi connectivity index (χ2v) is 5.10. The van der Waals surface area contributed by atoms with Crippen molar-refractivity contribution in [3.8, 4) is 11.5 Å². The molecule has 22 heavy (non-hydrogen) atoms. The number of nitrogens with one attached hydrogen (secondary N) is 1. The average Bonchev–Trinajstić information content (AvgIpc) is 3.13. The van der Waals surface area contributed by atoms with Gasteiger partial charge in [-0.3, -0.25) is 4.79 Å². The summed E-state index contributed by atoms with van der Waals surface area (Å²) in [6.07, 6.45) is 0. The Hall–Kier alpha value is -2.51. The second-order valence-electron chi connectivity index (χ2n) is 5.10. The molecule has 110 valence electrons. The molecule has 2 aromatic rings. The van der Waals surface area contributed by atoms with Crippen LogP contribution in [0.1, 0.15) is 15.9 Å². The number of amides is 1. The maximum absolute atomic E-state index is 12.3. The van der Waals surface area contributed by atoms with Gasteiger partial charge in [0.05, 0.1) is 6.61 Å². The van der Waals surface area contributed by atoms with Crippen LogP contribution in [-0.2, 0) is 11.3 Å². The van der Waals surface area contributed by atoms with E-state index in [2.05, 4.69) is 5.32 Å². The van der Waals surface area contributed by atoms with Gasteiger partial charge >= 0.3 is 7.12 Å². The van der Waals surface area contributed by atoms with Gasteiger partial charge < -0.3 is 24.5 Å². The first-order valence-corrected chi connectivity index (χ1v) is 6.84. The lowest BCUT2D eigenvalue weighted by atomic mass is 9.79. The molecule has 0 saturated heterocycles. The molecule has 1 amide bonds. The van der Waals surface area contributed by atoms with Crippen molar-refractivity contribution in [2.24, 2.45) is 0 Å². The lowest BCUT2D eigenvalue weighted by molar-refractivity contribution is 0.102. The van der Waals surface area contributed by atoms with Crippen LogP contribution in [-0.4, -0.2) is 24.8 Å². The average molecular weight is 297 g/mol. The Balaban J connectivity index is 1.56. The summed E-state index contributed by atoms with van der Waals surface area (Å²) in [5.74, 6) is 0.937. The molecule has 0 spiro atoms. The van der Waals surface area contributed by atoms with Gasteiger partial charge in [-0.05, 0) is 41.4 Å². The Kier molecular flexibility index (Phi) is 3.02. The number of hydrogen-bond acceptors (Lipinski definition) is 5. The molecule has 6 nitrogen and oxygen atoms in total. The zero-order valence-corrected chi connectivity index (χ0v) is 11.5. The van der Waals surface area contributed by atoms with Gasteiger partial charge in [0.2, 0.25) is 6.79 Å². The molecule has 2 N–H and O–H groups in total. The summed E-state index contributed by atoms with van der Waals surface area (Å²) in [4.78, 5) is 12.3. The maximum Gasteiger partial charge on any atom is 0.491 e. The molecule has 0 aromatic heterocycles. The Morgan fingerprint density at radius 3 is 2.91 bits per heavy atom. The van der Waals surface area contributed by atoms with Crippen LogP contribution in [0.3, 0.4) is 0 Å². The highest BCUT2D eigenvalue weighted by Crippen LogP contribution is 2.32. The molecule has 0 unspecified atom stereocenters. The molecular formula is C15H12BNO5. The lowest BCUT2D eigenvalue weighted by Gasteiger charge is -2.08. The van der Waals surface area contributed by atoms with Crippen molar-refractivity contribution < 1.29 is 23.9 Å². The fourth-order valence-corrected chi connectivity index (χ4v) is 2.53. The fraction of sp³-hybridized carbons (Fsp3) is 0.133. The van der Waals surface area contributed by atoms with E-state index in [1.165, 1.54) is 0 Å². The van der Waals surface area contributed by atoms with Gasteiger partial charge in [0.25, 0.3) is 5.91 Å². The topological polar surface area (TPSA) is 77.0 Å². The Bertz CT molecular complexity index is 764. The van der Waals surface area contributed by atoms with E-state index in [4.69, 9.17) is 14.1 Å². The molecule has 2 aliphatic heterocycles. The monoisotopic (exact) mass is 297 g/mol. The van der Waals surface area contributed by atoms with E-state index in [0.29, 0.717) is 34.8 Å². The molecule has 0 fully saturated rings. The minimum atomic E-state index is -0.933. The van der Waals surface area contributed by atoms with Crippen LogP contribution in [0.25, 0.3) is 0 Å². The van der Waals surface area contributed by atoms with Crippen LogP contribution in [0.5, 0.6) is 11.5 Å². The highest BCUT2D eigenvalue weighted by molar-refractivity contribution is 6.61. The molecule has 7 heteroatoms. The smallest absolute Gasteiger partial charge is 0.454 e. The van der Waals surface area contributed by atoms with Gasteiger partial charge in [-0.25, -0.2) is 0 Å². The lowest BCUT2D eigenvalue weighted by Crippen LogP contribution is -2.28. The molecule has 0 radical (unpaired) electrons. The van der Waals surface area contributed by atoms with Crippen LogP contribution in [0.4, 0.5) is 5.69 Å². The molecule has 2 aromatic carbocycles. The molecule has 2 aliphatic rings. The number of benzene rings is 2. The number of hydrogen-bond donors (Lipinski definition) is 2. The van der Waals surface area contributed by atoms with Crippen molar-refractivity contribution in [3.63, 3.8) is 0 Å². The highest BCUT2D eigenvalue weighted by atomic mass is 16.7. The highest BCUT2D eigenvalue weighted by Gasteiger charge is 2.27. The number of anilines is 1. The van der Waals surface area contributed by atoms with Crippen molar-refractivity contribution in [1.82, 2.24) is 0 Å². The van der Waals surface area contributed by atoms with E-state index in [-0.39, 0.29) is 12.7 Å². The molecule has 0 atom stereocenters. The van der Waals surface area contributed by atoms with Crippen molar-refractivity contribution in [2.75, 3.05) is 12.1 Å². The van der Waals surface area contributed by atoms with Gasteiger partial charge in [-0.15, -0.1) is 0 Å². The predicted molar refractivity (Wildman–Crippen MR) is 79.4 cm³/mol. The number of fused-ring (bicyclic) bond motifs is 2. The van der Waals surface area contributed by atoms with Gasteiger partial charge in [-0.2, -0.15) is 0 Å². The zero-order chi connectivity index (χ0) is 15.1. The molecule has 2 heterocycles. The second kappa shape index (κ2) is 5.05. The van der Waals surface area contributed by atoms with Crippen LogP contribution < -0.4 is 20.3 Å². The minimum absolute atomic E-state index is 0.170. The van der Waals surface area contributed by atoms with Crippen LogP contribution in [0.2, 0.25) is 0 Å². The summed E-state index contributed by atoms with van der Waals surface area (Å²) in [6.45, 7) is 0.552. The standard InChI is InChI=1S/C15H12BNO5/c18-15(9-2-4-13-14(5-9)21-8-20-13)17-11-3-1-10-7-22-16(19)12(10)6-11/h1-6,19H,7-8H2,(H,17,18). The third-order valence-electron chi connectivity index (χ3n) is 3.70. The Morgan fingerprint density at radius 2 is 2.00 bits per heavy atom. The van der Waals surface area contributed by atoms with Crippen LogP contribution in [0.15, 0.2) is 36.4 Å². The molecule has 4 rings (SSSR count). The first kappa shape index (κ1) is 13.2. The first-order valence-electron chi connectivity index (χ1n) is 6.84. The number of carbonyl (C=O) groups is 1. The van der Waals surface area contributed by atoms with E-state index in [9.17, 15) is 9.82 Å². The van der Waals surface area contributed by atoms with Crippen molar-refractivity contribution >= 4 is 24.2 Å². The number of ether oxygens (including phenoxy) is 2. The predicted octanol–water partition coefficient (Wildman–Crippen LogP) is 0.885. The maximum atomic E-state index is 12.3. The van der Waals surface area contributed by atoms with E-state index < -0.39 is 7.12 Å². The summed E-state index contributed by atoms with van der Waals surface area (Å²) in [5, 5.41) is 12.5. The third-order valence-corrected chi connectivity index (χ3v) is 3.70. The van der Waals surface area contributed by atoms with E-state index in [1.807, 2.05) is 6.07 Å². The summed E-state index contributed by atoms with van der Waals surface area (Å²) in [5.41, 5.74) is 2.68. The normalized spacial score (nSPS) is 14.9. The van der Waals surface area contributed by atoms with Gasteiger partial charge in [-0.1, -0.05) is 6.07 Å². The van der Waals surface area contributed by atoms with E-state index >= 15 is 0 Å². The van der Waals surface area contributed by atoms with Gasteiger partial charge in [0, 0.05) is 11.3 Å². The van der Waals surface area contributed by atoms with Gasteiger partial charge in [0.15, 0.2) is 11.5 Å². The number of carbonyl (C=O) groups excluding carboxylic acids is 1. The van der Waals surface area contributed by atoms with Gasteiger partial charge in [0.1, 0.15) is 0 Å². The Morgan fingerprint density at radius 1 is 1.14 bits per heavy atom. The third kappa shape index (κ3) is 2.20. The van der Waals surface area contributed by atoms with Crippen molar-refractivity contribution in [3.05, 3.63) is 47.5 Å². The van der Waals surface area contributed by atoms with Crippen LogP contribution in [0, 0.1) is 0 Å². The largest absolute Gasteiger partial charge is 0.491 e. The molecule has 0 aliphatic carbocycles. The molecule has 0 saturated carbocycles.